The summed E-state index contributed by atoms with van der Waals surface area (Å²) >= 11 is 0. The van der Waals surface area contributed by atoms with E-state index >= 15 is 0 Å². The Kier molecular flexibility index (Phi) is 7.01. The van der Waals surface area contributed by atoms with Crippen LogP contribution in [-0.2, 0) is 5.41 Å². The van der Waals surface area contributed by atoms with Crippen LogP contribution < -0.4 is 0 Å². The van der Waals surface area contributed by atoms with Gasteiger partial charge in [0.25, 0.3) is 5.91 Å². The molecular formula is C35H39FN4O2. The molecule has 3 fully saturated rings. The average Bonchev–Trinajstić information content (AvgIpc) is 3.47. The van der Waals surface area contributed by atoms with E-state index in [-0.39, 0.29) is 16.7 Å². The molecule has 1 aromatic heterocycles. The number of phenolic OH excluding ortho intramolecular Hbond substituents is 1. The number of piperidine rings is 2. The number of benzene rings is 3. The van der Waals surface area contributed by atoms with Crippen molar-refractivity contribution < 1.29 is 14.3 Å². The summed E-state index contributed by atoms with van der Waals surface area (Å²) in [7, 11) is 0. The van der Waals surface area contributed by atoms with E-state index in [9.17, 15) is 14.3 Å². The van der Waals surface area contributed by atoms with Crippen molar-refractivity contribution in [2.24, 2.45) is 0 Å². The first-order valence-corrected chi connectivity index (χ1v) is 15.5. The lowest BCUT2D eigenvalue weighted by Gasteiger charge is -2.45. The van der Waals surface area contributed by atoms with Gasteiger partial charge in [0.05, 0.1) is 11.0 Å². The molecule has 3 aliphatic heterocycles. The number of hydrogen-bond acceptors (Lipinski definition) is 4. The quantitative estimate of drug-likeness (QED) is 0.285. The van der Waals surface area contributed by atoms with Crippen LogP contribution in [0.25, 0.3) is 11.0 Å². The van der Waals surface area contributed by atoms with Gasteiger partial charge >= 0.3 is 0 Å². The van der Waals surface area contributed by atoms with E-state index in [1.807, 2.05) is 0 Å². The minimum Gasteiger partial charge on any atom is -0.507 e. The molecule has 1 amide bonds. The minimum atomic E-state index is -0.669. The van der Waals surface area contributed by atoms with Crippen LogP contribution in [0.15, 0.2) is 72.8 Å². The maximum atomic E-state index is 14.5. The zero-order chi connectivity index (χ0) is 28.8. The number of carbonyl (C=O) groups is 1. The molecule has 4 aromatic rings. The fourth-order valence-electron chi connectivity index (χ4n) is 8.29. The Labute approximate surface area is 246 Å². The van der Waals surface area contributed by atoms with Crippen LogP contribution in [0.5, 0.6) is 5.75 Å². The monoisotopic (exact) mass is 566 g/mol. The number of rotatable bonds is 6. The van der Waals surface area contributed by atoms with E-state index < -0.39 is 11.7 Å². The molecule has 6 nitrogen and oxygen atoms in total. The van der Waals surface area contributed by atoms with Crippen molar-refractivity contribution in [3.63, 3.8) is 0 Å². The number of fused-ring (bicyclic) bond motifs is 3. The molecule has 3 saturated heterocycles. The molecule has 0 spiro atoms. The molecule has 2 bridgehead atoms. The number of amides is 1. The highest BCUT2D eigenvalue weighted by atomic mass is 19.1. The number of hydrogen-bond donors (Lipinski definition) is 1. The summed E-state index contributed by atoms with van der Waals surface area (Å²) in [6.45, 7) is 4.28. The summed E-state index contributed by atoms with van der Waals surface area (Å²) in [6.07, 6.45) is 7.50. The SMILES string of the molecule is Cc1nc2ccccc2n1C1CC2CCC(C1)N2CCC1(c2ccccc2)CCN(C(=O)c2c(O)cccc2F)CC1. The molecule has 3 aromatic carbocycles. The fraction of sp³-hybridized carbons (Fsp3) is 0.429. The molecule has 4 heterocycles. The van der Waals surface area contributed by atoms with Crippen LogP contribution >= 0.6 is 0 Å². The van der Waals surface area contributed by atoms with Gasteiger partial charge in [-0.25, -0.2) is 9.37 Å². The Balaban J connectivity index is 1.07. The predicted octanol–water partition coefficient (Wildman–Crippen LogP) is 6.62. The maximum absolute atomic E-state index is 14.5. The summed E-state index contributed by atoms with van der Waals surface area (Å²) in [5.41, 5.74) is 3.41. The van der Waals surface area contributed by atoms with Crippen molar-refractivity contribution >= 4 is 16.9 Å². The van der Waals surface area contributed by atoms with Crippen molar-refractivity contribution in [3.8, 4) is 5.75 Å². The number of nitrogens with zero attached hydrogens (tertiary/aromatic N) is 4. The third kappa shape index (κ3) is 4.68. The first-order chi connectivity index (χ1) is 20.4. The zero-order valence-corrected chi connectivity index (χ0v) is 24.3. The lowest BCUT2D eigenvalue weighted by Crippen LogP contribution is -2.49. The van der Waals surface area contributed by atoms with Gasteiger partial charge in [0.2, 0.25) is 0 Å². The molecule has 42 heavy (non-hydrogen) atoms. The number of carbonyl (C=O) groups excluding carboxylic acids is 1. The average molecular weight is 567 g/mol. The smallest absolute Gasteiger partial charge is 0.260 e. The topological polar surface area (TPSA) is 61.6 Å². The van der Waals surface area contributed by atoms with Crippen LogP contribution in [0.4, 0.5) is 4.39 Å². The Morgan fingerprint density at radius 3 is 2.33 bits per heavy atom. The van der Waals surface area contributed by atoms with E-state index in [1.54, 1.807) is 4.90 Å². The third-order valence-corrected chi connectivity index (χ3v) is 10.4. The Morgan fingerprint density at radius 2 is 1.62 bits per heavy atom. The highest BCUT2D eigenvalue weighted by molar-refractivity contribution is 5.97. The van der Waals surface area contributed by atoms with Gasteiger partial charge in [-0.05, 0) is 93.7 Å². The van der Waals surface area contributed by atoms with Gasteiger partial charge in [0.15, 0.2) is 0 Å². The van der Waals surface area contributed by atoms with E-state index in [4.69, 9.17) is 4.98 Å². The van der Waals surface area contributed by atoms with Gasteiger partial charge in [-0.15, -0.1) is 0 Å². The Bertz CT molecular complexity index is 1560. The second-order valence-electron chi connectivity index (χ2n) is 12.6. The highest BCUT2D eigenvalue weighted by Crippen LogP contribution is 2.45. The first-order valence-electron chi connectivity index (χ1n) is 15.5. The molecule has 0 aliphatic carbocycles. The number of halogens is 1. The highest BCUT2D eigenvalue weighted by Gasteiger charge is 2.44. The summed E-state index contributed by atoms with van der Waals surface area (Å²) in [4.78, 5) is 22.6. The number of para-hydroxylation sites is 2. The number of aromatic hydroxyl groups is 1. The minimum absolute atomic E-state index is 0.0389. The van der Waals surface area contributed by atoms with Crippen molar-refractivity contribution in [2.45, 2.75) is 75.4 Å². The van der Waals surface area contributed by atoms with Crippen molar-refractivity contribution in [2.75, 3.05) is 19.6 Å². The molecule has 7 rings (SSSR count). The largest absolute Gasteiger partial charge is 0.507 e. The standard InChI is InChI=1S/C35H39FN4O2/c1-24-37-30-11-5-6-12-31(30)40(24)28-22-26-14-15-27(23-28)39(26)21-18-35(25-8-3-2-4-9-25)16-19-38(20-17-35)34(42)33-29(36)10-7-13-32(33)41/h2-13,26-28,41H,14-23H2,1H3. The molecule has 0 saturated carbocycles. The summed E-state index contributed by atoms with van der Waals surface area (Å²) in [5, 5.41) is 10.2. The van der Waals surface area contributed by atoms with Crippen molar-refractivity contribution in [1.29, 1.82) is 0 Å². The molecule has 7 heteroatoms. The fourth-order valence-corrected chi connectivity index (χ4v) is 8.29. The lowest BCUT2D eigenvalue weighted by molar-refractivity contribution is 0.0600. The van der Waals surface area contributed by atoms with Crippen LogP contribution in [0, 0.1) is 12.7 Å². The van der Waals surface area contributed by atoms with E-state index in [0.29, 0.717) is 31.2 Å². The molecule has 0 radical (unpaired) electrons. The number of likely N-dealkylation sites (tertiary alicyclic amines) is 1. The summed E-state index contributed by atoms with van der Waals surface area (Å²) < 4.78 is 17.0. The van der Waals surface area contributed by atoms with Gasteiger partial charge in [0.1, 0.15) is 23.0 Å². The van der Waals surface area contributed by atoms with Gasteiger partial charge < -0.3 is 14.6 Å². The number of aryl methyl sites for hydroxylation is 1. The zero-order valence-electron chi connectivity index (χ0n) is 24.3. The summed E-state index contributed by atoms with van der Waals surface area (Å²) in [5.74, 6) is -0.271. The second-order valence-corrected chi connectivity index (χ2v) is 12.6. The van der Waals surface area contributed by atoms with Gasteiger partial charge in [-0.1, -0.05) is 48.5 Å². The van der Waals surface area contributed by atoms with Gasteiger partial charge in [-0.2, -0.15) is 0 Å². The molecular weight excluding hydrogens is 527 g/mol. The lowest BCUT2D eigenvalue weighted by atomic mass is 9.70. The van der Waals surface area contributed by atoms with Crippen molar-refractivity contribution in [3.05, 3.63) is 95.6 Å². The maximum Gasteiger partial charge on any atom is 0.260 e. The van der Waals surface area contributed by atoms with Crippen LogP contribution in [0.3, 0.4) is 0 Å². The number of phenols is 1. The number of imidazole rings is 1. The molecule has 1 N–H and O–H groups in total. The normalized spacial score (nSPS) is 23.9. The van der Waals surface area contributed by atoms with Gasteiger partial charge in [0, 0.05) is 31.2 Å². The van der Waals surface area contributed by atoms with E-state index in [0.717, 1.165) is 50.0 Å². The van der Waals surface area contributed by atoms with E-state index in [2.05, 4.69) is 71.0 Å². The van der Waals surface area contributed by atoms with Crippen LogP contribution in [0.2, 0.25) is 0 Å². The van der Waals surface area contributed by atoms with Crippen molar-refractivity contribution in [1.82, 2.24) is 19.4 Å². The Hall–Kier alpha value is -3.71. The third-order valence-electron chi connectivity index (χ3n) is 10.4. The van der Waals surface area contributed by atoms with E-state index in [1.165, 1.54) is 42.1 Å². The molecule has 218 valence electrons. The van der Waals surface area contributed by atoms with Gasteiger partial charge in [-0.3, -0.25) is 9.69 Å². The molecule has 2 atom stereocenters. The Morgan fingerprint density at radius 1 is 0.929 bits per heavy atom. The molecule has 2 unspecified atom stereocenters. The first kappa shape index (κ1) is 27.1. The number of aromatic nitrogens is 2. The molecule has 3 aliphatic rings. The summed E-state index contributed by atoms with van der Waals surface area (Å²) in [6, 6.07) is 24.9. The predicted molar refractivity (Wildman–Crippen MR) is 162 cm³/mol. The second kappa shape index (κ2) is 10.8. The van der Waals surface area contributed by atoms with Crippen LogP contribution in [0.1, 0.15) is 72.7 Å². The van der Waals surface area contributed by atoms with Crippen LogP contribution in [-0.4, -0.2) is 62.1 Å².